The number of hydrogen-bond donors (Lipinski definition) is 0. The van der Waals surface area contributed by atoms with Crippen LogP contribution in [0, 0.1) is 0 Å². The number of anilines is 1. The minimum Gasteiger partial charge on any atom is -0.472 e. The lowest BCUT2D eigenvalue weighted by Gasteiger charge is -2.40. The average Bonchev–Trinajstić information content (AvgIpc) is 3.77. The first-order chi connectivity index (χ1) is 31.1. The highest BCUT2D eigenvalue weighted by molar-refractivity contribution is 6.08. The van der Waals surface area contributed by atoms with Crippen LogP contribution in [0.2, 0.25) is 0 Å². The van der Waals surface area contributed by atoms with E-state index in [0.717, 1.165) is 63.0 Å². The molecule has 0 bridgehead atoms. The molecule has 2 heterocycles. The normalized spacial score (nSPS) is 18.7. The van der Waals surface area contributed by atoms with E-state index in [0.29, 0.717) is 5.56 Å². The lowest BCUT2D eigenvalue weighted by Crippen LogP contribution is -2.36. The number of fused-ring (bicyclic) bond motifs is 11. The number of hydrogen-bond acceptors (Lipinski definition) is 2. The molecule has 64 heavy (non-hydrogen) atoms. The summed E-state index contributed by atoms with van der Waals surface area (Å²) in [5, 5.41) is 1.89. The van der Waals surface area contributed by atoms with Crippen LogP contribution in [0.15, 0.2) is 176 Å². The third-order valence-corrected chi connectivity index (χ3v) is 14.8. The molecule has 1 atom stereocenters. The van der Waals surface area contributed by atoms with Gasteiger partial charge < -0.3 is 9.64 Å². The molecule has 0 radical (unpaired) electrons. The molecule has 2 nitrogen and oxygen atoms in total. The Morgan fingerprint density at radius 1 is 0.531 bits per heavy atom. The summed E-state index contributed by atoms with van der Waals surface area (Å²) in [5.41, 5.74) is 11.7. The second-order valence-electron chi connectivity index (χ2n) is 18.5. The number of rotatable bonds is 5. The third-order valence-electron chi connectivity index (χ3n) is 14.8. The molecule has 0 saturated carbocycles. The maximum Gasteiger partial charge on any atom is 0.416 e. The van der Waals surface area contributed by atoms with Crippen molar-refractivity contribution in [2.45, 2.75) is 55.7 Å². The highest BCUT2D eigenvalue weighted by atomic mass is 19.4. The largest absolute Gasteiger partial charge is 0.472 e. The molecule has 4 aliphatic rings. The Morgan fingerprint density at radius 2 is 1.14 bits per heavy atom. The molecule has 1 fully saturated rings. The Labute approximate surface area is 372 Å². The topological polar surface area (TPSA) is 12.5 Å². The van der Waals surface area contributed by atoms with Crippen LogP contribution in [0.1, 0.15) is 88.7 Å². The SMILES string of the molecule is CC1(C)c2cc(C(F)(F)F)ccc2-c2c1c1c(c3ccccc23)OC(c2ccc(N3CCCCC3)cc2)(c2ccc3c(c2)C(c2ccccc2)(c2ccccc2)c2ccccc2-3)C=C1. The molecular formula is C59H46F3NO. The molecule has 314 valence electrons. The molecule has 0 spiro atoms. The monoisotopic (exact) mass is 841 g/mol. The molecule has 8 aromatic rings. The van der Waals surface area contributed by atoms with Gasteiger partial charge in [-0.3, -0.25) is 0 Å². The zero-order chi connectivity index (χ0) is 43.4. The summed E-state index contributed by atoms with van der Waals surface area (Å²) in [4.78, 5) is 2.48. The Bertz CT molecular complexity index is 3140. The quantitative estimate of drug-likeness (QED) is 0.171. The van der Waals surface area contributed by atoms with Gasteiger partial charge in [-0.25, -0.2) is 0 Å². The van der Waals surface area contributed by atoms with Crippen LogP contribution in [0.4, 0.5) is 18.9 Å². The van der Waals surface area contributed by atoms with Crippen LogP contribution in [-0.4, -0.2) is 13.1 Å². The number of ether oxygens (including phenoxy) is 1. The zero-order valence-electron chi connectivity index (χ0n) is 35.8. The molecule has 5 heteroatoms. The minimum atomic E-state index is -4.45. The molecular weight excluding hydrogens is 796 g/mol. The second-order valence-corrected chi connectivity index (χ2v) is 18.5. The van der Waals surface area contributed by atoms with Crippen molar-refractivity contribution < 1.29 is 17.9 Å². The Hall–Kier alpha value is -6.85. The summed E-state index contributed by atoms with van der Waals surface area (Å²) in [7, 11) is 0. The maximum absolute atomic E-state index is 14.3. The summed E-state index contributed by atoms with van der Waals surface area (Å²) >= 11 is 0. The Morgan fingerprint density at radius 3 is 1.84 bits per heavy atom. The lowest BCUT2D eigenvalue weighted by molar-refractivity contribution is -0.137. The van der Waals surface area contributed by atoms with Crippen LogP contribution in [0.25, 0.3) is 39.1 Å². The van der Waals surface area contributed by atoms with Gasteiger partial charge in [0.25, 0.3) is 0 Å². The van der Waals surface area contributed by atoms with Crippen molar-refractivity contribution in [1.82, 2.24) is 0 Å². The van der Waals surface area contributed by atoms with E-state index in [1.807, 2.05) is 26.0 Å². The van der Waals surface area contributed by atoms with Crippen molar-refractivity contribution in [3.05, 3.63) is 232 Å². The maximum atomic E-state index is 14.3. The first kappa shape index (κ1) is 38.8. The molecule has 2 aliphatic heterocycles. The van der Waals surface area contributed by atoms with E-state index in [-0.39, 0.29) is 0 Å². The summed E-state index contributed by atoms with van der Waals surface area (Å²) in [6.45, 7) is 6.18. The van der Waals surface area contributed by atoms with Crippen LogP contribution in [0.3, 0.4) is 0 Å². The predicted octanol–water partition coefficient (Wildman–Crippen LogP) is 14.9. The smallest absolute Gasteiger partial charge is 0.416 e. The standard InChI is InChI=1S/C59H46F3NO/c1-56(2)51-37-42(59(60,61)62)27-31-48(51)53-46-21-10-11-22-47(46)55-49(54(53)56)32-33-57(64-55,38-24-28-43(29-25-38)63-34-14-5-15-35-63)41-26-30-45-44-20-12-13-23-50(44)58(52(45)36-41,39-16-6-3-7-17-39)40-18-8-4-9-19-40/h3-4,6-13,16-33,36-37H,5,14-15,34-35H2,1-2H3. The van der Waals surface area contributed by atoms with Gasteiger partial charge in [-0.05, 0) is 117 Å². The van der Waals surface area contributed by atoms with Gasteiger partial charge in [0, 0.05) is 46.3 Å². The van der Waals surface area contributed by atoms with Crippen molar-refractivity contribution in [2.75, 3.05) is 18.0 Å². The first-order valence-electron chi connectivity index (χ1n) is 22.5. The highest BCUT2D eigenvalue weighted by Crippen LogP contribution is 2.60. The van der Waals surface area contributed by atoms with Crippen LogP contribution < -0.4 is 9.64 Å². The lowest BCUT2D eigenvalue weighted by atomic mass is 9.67. The summed E-state index contributed by atoms with van der Waals surface area (Å²) in [6.07, 6.45) is 3.58. The van der Waals surface area contributed by atoms with E-state index in [1.54, 1.807) is 6.07 Å². The summed E-state index contributed by atoms with van der Waals surface area (Å²) in [6, 6.07) is 58.8. The van der Waals surface area contributed by atoms with Gasteiger partial charge >= 0.3 is 6.18 Å². The van der Waals surface area contributed by atoms with E-state index in [9.17, 15) is 13.2 Å². The molecule has 2 aliphatic carbocycles. The zero-order valence-corrected chi connectivity index (χ0v) is 35.8. The molecule has 1 saturated heterocycles. The van der Waals surface area contributed by atoms with Gasteiger partial charge in [0.2, 0.25) is 0 Å². The minimum absolute atomic E-state index is 0.612. The Kier molecular flexibility index (Phi) is 8.53. The van der Waals surface area contributed by atoms with Gasteiger partial charge in [0.05, 0.1) is 11.0 Å². The van der Waals surface area contributed by atoms with E-state index in [4.69, 9.17) is 4.74 Å². The predicted molar refractivity (Wildman–Crippen MR) is 253 cm³/mol. The van der Waals surface area contributed by atoms with Gasteiger partial charge in [-0.15, -0.1) is 0 Å². The number of alkyl halides is 3. The molecule has 8 aromatic carbocycles. The van der Waals surface area contributed by atoms with Gasteiger partial charge in [0.15, 0.2) is 5.60 Å². The number of piperidine rings is 1. The number of nitrogens with zero attached hydrogens (tertiary/aromatic N) is 1. The molecule has 12 rings (SSSR count). The average molecular weight is 842 g/mol. The third kappa shape index (κ3) is 5.46. The van der Waals surface area contributed by atoms with Crippen LogP contribution in [-0.2, 0) is 22.6 Å². The summed E-state index contributed by atoms with van der Waals surface area (Å²) < 4.78 is 50.6. The first-order valence-corrected chi connectivity index (χ1v) is 22.5. The van der Waals surface area contributed by atoms with Crippen LogP contribution >= 0.6 is 0 Å². The second kappa shape index (κ2) is 14.1. The fraction of sp³-hybridized carbons (Fsp3) is 0.186. The van der Waals surface area contributed by atoms with E-state index in [1.165, 1.54) is 70.5 Å². The van der Waals surface area contributed by atoms with Gasteiger partial charge in [0.1, 0.15) is 5.75 Å². The van der Waals surface area contributed by atoms with Crippen LogP contribution in [0.5, 0.6) is 5.75 Å². The van der Waals surface area contributed by atoms with Gasteiger partial charge in [-0.1, -0.05) is 159 Å². The van der Waals surface area contributed by atoms with Crippen molar-refractivity contribution >= 4 is 22.5 Å². The van der Waals surface area contributed by atoms with E-state index in [2.05, 4.69) is 157 Å². The van der Waals surface area contributed by atoms with Crippen molar-refractivity contribution in [1.29, 1.82) is 0 Å². The Balaban J connectivity index is 1.12. The fourth-order valence-electron chi connectivity index (χ4n) is 11.8. The summed E-state index contributed by atoms with van der Waals surface area (Å²) in [5.74, 6) is 0.732. The van der Waals surface area contributed by atoms with Crippen molar-refractivity contribution in [3.63, 3.8) is 0 Å². The van der Waals surface area contributed by atoms with Gasteiger partial charge in [-0.2, -0.15) is 13.2 Å². The number of halogens is 3. The molecule has 0 aromatic heterocycles. The fourth-order valence-corrected chi connectivity index (χ4v) is 11.8. The van der Waals surface area contributed by atoms with Crippen molar-refractivity contribution in [3.8, 4) is 28.0 Å². The number of benzene rings is 8. The van der Waals surface area contributed by atoms with E-state index >= 15 is 0 Å². The molecule has 1 unspecified atom stereocenters. The highest BCUT2D eigenvalue weighted by Gasteiger charge is 2.49. The van der Waals surface area contributed by atoms with E-state index < -0.39 is 28.2 Å². The molecule has 0 amide bonds. The molecule has 0 N–H and O–H groups in total. The van der Waals surface area contributed by atoms with Crippen molar-refractivity contribution in [2.24, 2.45) is 0 Å².